The molecular weight excluding hydrogens is 388 g/mol. The topological polar surface area (TPSA) is 46.5 Å². The van der Waals surface area contributed by atoms with Gasteiger partial charge in [-0.15, -0.1) is 0 Å². The van der Waals surface area contributed by atoms with E-state index in [1.54, 1.807) is 12.1 Å². The molecule has 0 bridgehead atoms. The molecule has 102 valence electrons. The molecule has 2 aromatic carbocycles. The van der Waals surface area contributed by atoms with Gasteiger partial charge in [-0.05, 0) is 36.4 Å². The molecule has 0 atom stereocenters. The molecule has 0 aliphatic heterocycles. The van der Waals surface area contributed by atoms with Crippen LogP contribution in [0.2, 0.25) is 0 Å². The minimum Gasteiger partial charge on any atom is -0.478 e. The minimum atomic E-state index is -0.999. The van der Waals surface area contributed by atoms with Crippen molar-refractivity contribution in [2.45, 2.75) is 0 Å². The monoisotopic (exact) mass is 396 g/mol. The van der Waals surface area contributed by atoms with Gasteiger partial charge < -0.3 is 9.84 Å². The second-order valence-corrected chi connectivity index (χ2v) is 5.74. The number of aliphatic carboxylic acids is 1. The quantitative estimate of drug-likeness (QED) is 0.730. The van der Waals surface area contributed by atoms with Crippen LogP contribution >= 0.6 is 31.9 Å². The van der Waals surface area contributed by atoms with Crippen molar-refractivity contribution in [2.24, 2.45) is 0 Å². The fourth-order valence-electron chi connectivity index (χ4n) is 1.55. The van der Waals surface area contributed by atoms with Gasteiger partial charge in [0, 0.05) is 20.6 Å². The molecule has 0 saturated carbocycles. The maximum atomic E-state index is 10.6. The number of carbonyl (C=O) groups is 1. The van der Waals surface area contributed by atoms with E-state index < -0.39 is 5.97 Å². The highest BCUT2D eigenvalue weighted by Crippen LogP contribution is 2.30. The van der Waals surface area contributed by atoms with Crippen LogP contribution in [0.4, 0.5) is 0 Å². The summed E-state index contributed by atoms with van der Waals surface area (Å²) in [6.07, 6.45) is 2.58. The van der Waals surface area contributed by atoms with E-state index >= 15 is 0 Å². The molecule has 0 aliphatic carbocycles. The number of hydrogen-bond donors (Lipinski definition) is 1. The molecule has 0 aliphatic rings. The van der Waals surface area contributed by atoms with Crippen molar-refractivity contribution < 1.29 is 14.6 Å². The summed E-state index contributed by atoms with van der Waals surface area (Å²) in [6, 6.07) is 12.8. The van der Waals surface area contributed by atoms with Gasteiger partial charge in [0.15, 0.2) is 0 Å². The fourth-order valence-corrected chi connectivity index (χ4v) is 2.27. The first-order chi connectivity index (χ1) is 9.54. The summed E-state index contributed by atoms with van der Waals surface area (Å²) in [7, 11) is 0. The van der Waals surface area contributed by atoms with Crippen molar-refractivity contribution in [1.82, 2.24) is 0 Å². The van der Waals surface area contributed by atoms with Crippen LogP contribution in [0, 0.1) is 0 Å². The van der Waals surface area contributed by atoms with Crippen molar-refractivity contribution in [3.05, 3.63) is 63.0 Å². The van der Waals surface area contributed by atoms with Crippen LogP contribution in [0.5, 0.6) is 11.5 Å². The Kier molecular flexibility index (Phi) is 4.98. The van der Waals surface area contributed by atoms with E-state index in [4.69, 9.17) is 9.84 Å². The largest absolute Gasteiger partial charge is 0.478 e. The lowest BCUT2D eigenvalue weighted by molar-refractivity contribution is -0.131. The standard InChI is InChI=1S/C15H10Br2O3/c16-11-2-1-3-13(8-11)20-14-9-12(17)6-4-10(14)5-7-15(18)19/h1-9H,(H,18,19)/b7-5+. The summed E-state index contributed by atoms with van der Waals surface area (Å²) < 4.78 is 7.57. The van der Waals surface area contributed by atoms with Gasteiger partial charge in [-0.1, -0.05) is 44.0 Å². The third-order valence-electron chi connectivity index (χ3n) is 2.40. The molecule has 1 N–H and O–H groups in total. The lowest BCUT2D eigenvalue weighted by Gasteiger charge is -2.09. The zero-order chi connectivity index (χ0) is 14.5. The Labute approximate surface area is 133 Å². The Hall–Kier alpha value is -1.59. The SMILES string of the molecule is O=C(O)/C=C/c1ccc(Br)cc1Oc1cccc(Br)c1. The average molecular weight is 398 g/mol. The summed E-state index contributed by atoms with van der Waals surface area (Å²) in [5, 5.41) is 8.70. The Morgan fingerprint density at radius 1 is 1.10 bits per heavy atom. The molecular formula is C15H10Br2O3. The van der Waals surface area contributed by atoms with Gasteiger partial charge in [0.05, 0.1) is 0 Å². The number of carboxylic acids is 1. The molecule has 5 heteroatoms. The Bertz CT molecular complexity index is 666. The zero-order valence-electron chi connectivity index (χ0n) is 10.2. The Morgan fingerprint density at radius 2 is 1.85 bits per heavy atom. The maximum absolute atomic E-state index is 10.6. The van der Waals surface area contributed by atoms with Gasteiger partial charge in [-0.25, -0.2) is 4.79 Å². The van der Waals surface area contributed by atoms with Gasteiger partial charge in [0.25, 0.3) is 0 Å². The van der Waals surface area contributed by atoms with E-state index in [1.807, 2.05) is 30.3 Å². The van der Waals surface area contributed by atoms with Crippen molar-refractivity contribution in [3.63, 3.8) is 0 Å². The maximum Gasteiger partial charge on any atom is 0.328 e. The molecule has 0 unspecified atom stereocenters. The first-order valence-corrected chi connectivity index (χ1v) is 7.27. The second-order valence-electron chi connectivity index (χ2n) is 3.91. The lowest BCUT2D eigenvalue weighted by atomic mass is 10.2. The Balaban J connectivity index is 2.34. The van der Waals surface area contributed by atoms with Crippen molar-refractivity contribution in [1.29, 1.82) is 0 Å². The molecule has 2 rings (SSSR count). The van der Waals surface area contributed by atoms with Crippen molar-refractivity contribution >= 4 is 43.9 Å². The van der Waals surface area contributed by atoms with Gasteiger partial charge in [-0.2, -0.15) is 0 Å². The first-order valence-electron chi connectivity index (χ1n) is 5.68. The van der Waals surface area contributed by atoms with Crippen LogP contribution in [0.3, 0.4) is 0 Å². The predicted octanol–water partition coefficient (Wildman–Crippen LogP) is 5.10. The van der Waals surface area contributed by atoms with Crippen molar-refractivity contribution in [3.8, 4) is 11.5 Å². The molecule has 0 radical (unpaired) electrons. The molecule has 0 saturated heterocycles. The van der Waals surface area contributed by atoms with Crippen LogP contribution in [-0.4, -0.2) is 11.1 Å². The third kappa shape index (κ3) is 4.21. The number of benzene rings is 2. The average Bonchev–Trinajstić information content (AvgIpc) is 2.37. The first kappa shape index (κ1) is 14.8. The summed E-state index contributed by atoms with van der Waals surface area (Å²) in [6.45, 7) is 0. The van der Waals surface area contributed by atoms with Gasteiger partial charge >= 0.3 is 5.97 Å². The highest BCUT2D eigenvalue weighted by Gasteiger charge is 2.05. The smallest absolute Gasteiger partial charge is 0.328 e. The molecule has 0 amide bonds. The molecule has 0 heterocycles. The van der Waals surface area contributed by atoms with E-state index in [-0.39, 0.29) is 0 Å². The molecule has 3 nitrogen and oxygen atoms in total. The van der Waals surface area contributed by atoms with Crippen LogP contribution in [0.15, 0.2) is 57.5 Å². The van der Waals surface area contributed by atoms with E-state index in [9.17, 15) is 4.79 Å². The normalized spacial score (nSPS) is 10.7. The van der Waals surface area contributed by atoms with Crippen molar-refractivity contribution in [2.75, 3.05) is 0 Å². The van der Waals surface area contributed by atoms with Gasteiger partial charge in [-0.3, -0.25) is 0 Å². The highest BCUT2D eigenvalue weighted by molar-refractivity contribution is 9.10. The summed E-state index contributed by atoms with van der Waals surface area (Å²) in [5.41, 5.74) is 0.690. The number of halogens is 2. The second kappa shape index (κ2) is 6.72. The van der Waals surface area contributed by atoms with Gasteiger partial charge in [0.1, 0.15) is 11.5 Å². The number of carboxylic acid groups (broad SMARTS) is 1. The number of ether oxygens (including phenoxy) is 1. The number of hydrogen-bond acceptors (Lipinski definition) is 2. The van der Waals surface area contributed by atoms with Crippen LogP contribution in [0.25, 0.3) is 6.08 Å². The minimum absolute atomic E-state index is 0.579. The van der Waals surface area contributed by atoms with Crippen LogP contribution < -0.4 is 4.74 Å². The summed E-state index contributed by atoms with van der Waals surface area (Å²) in [4.78, 5) is 10.6. The van der Waals surface area contributed by atoms with Gasteiger partial charge in [0.2, 0.25) is 0 Å². The van der Waals surface area contributed by atoms with E-state index in [1.165, 1.54) is 6.08 Å². The van der Waals surface area contributed by atoms with E-state index in [0.29, 0.717) is 17.1 Å². The summed E-state index contributed by atoms with van der Waals surface area (Å²) in [5.74, 6) is 0.249. The number of rotatable bonds is 4. The summed E-state index contributed by atoms with van der Waals surface area (Å²) >= 11 is 6.75. The van der Waals surface area contributed by atoms with Crippen LogP contribution in [0.1, 0.15) is 5.56 Å². The van der Waals surface area contributed by atoms with E-state index in [2.05, 4.69) is 31.9 Å². The third-order valence-corrected chi connectivity index (χ3v) is 3.39. The predicted molar refractivity (Wildman–Crippen MR) is 85.0 cm³/mol. The van der Waals surface area contributed by atoms with Crippen LogP contribution in [-0.2, 0) is 4.79 Å². The zero-order valence-corrected chi connectivity index (χ0v) is 13.4. The molecule has 0 spiro atoms. The Morgan fingerprint density at radius 3 is 2.55 bits per heavy atom. The highest BCUT2D eigenvalue weighted by atomic mass is 79.9. The molecule has 0 aromatic heterocycles. The molecule has 20 heavy (non-hydrogen) atoms. The van der Waals surface area contributed by atoms with E-state index in [0.717, 1.165) is 15.0 Å². The molecule has 2 aromatic rings. The molecule has 0 fully saturated rings. The fraction of sp³-hybridized carbons (Fsp3) is 0. The lowest BCUT2D eigenvalue weighted by Crippen LogP contribution is -1.90.